The molecule has 1 atom stereocenters. The molecule has 0 heterocycles. The molecular formula is C22H23NO2S2. The molecule has 0 amide bonds. The van der Waals surface area contributed by atoms with Gasteiger partial charge in [-0.2, -0.15) is 0 Å². The van der Waals surface area contributed by atoms with Gasteiger partial charge >= 0.3 is 0 Å². The van der Waals surface area contributed by atoms with E-state index in [9.17, 15) is 8.42 Å². The van der Waals surface area contributed by atoms with Crippen LogP contribution in [0, 0.1) is 13.8 Å². The molecule has 0 radical (unpaired) electrons. The maximum Gasteiger partial charge on any atom is 0.240 e. The van der Waals surface area contributed by atoms with Gasteiger partial charge in [0.1, 0.15) is 0 Å². The monoisotopic (exact) mass is 397 g/mol. The second-order valence-corrected chi connectivity index (χ2v) is 9.54. The molecule has 27 heavy (non-hydrogen) atoms. The van der Waals surface area contributed by atoms with Gasteiger partial charge in [0.2, 0.25) is 10.0 Å². The SMILES string of the molecule is Cc1ccc(C(CNS(=O)(=O)c2ccc(C)cc2)Sc2ccccc2)cc1. The minimum absolute atomic E-state index is 0.0202. The van der Waals surface area contributed by atoms with Gasteiger partial charge in [-0.25, -0.2) is 13.1 Å². The van der Waals surface area contributed by atoms with Crippen LogP contribution < -0.4 is 4.72 Å². The van der Waals surface area contributed by atoms with E-state index in [4.69, 9.17) is 0 Å². The van der Waals surface area contributed by atoms with Crippen LogP contribution in [0.3, 0.4) is 0 Å². The van der Waals surface area contributed by atoms with E-state index >= 15 is 0 Å². The first kappa shape index (κ1) is 19.7. The Hall–Kier alpha value is -2.08. The van der Waals surface area contributed by atoms with E-state index < -0.39 is 10.0 Å². The molecule has 0 aliphatic carbocycles. The summed E-state index contributed by atoms with van der Waals surface area (Å²) in [5, 5.41) is -0.0202. The normalized spacial score (nSPS) is 12.7. The van der Waals surface area contributed by atoms with E-state index in [1.807, 2.05) is 56.3 Å². The van der Waals surface area contributed by atoms with Crippen molar-refractivity contribution in [2.75, 3.05) is 6.54 Å². The minimum atomic E-state index is -3.54. The third-order valence-electron chi connectivity index (χ3n) is 4.26. The summed E-state index contributed by atoms with van der Waals surface area (Å²) in [5.41, 5.74) is 3.31. The molecule has 0 aliphatic heterocycles. The third-order valence-corrected chi connectivity index (χ3v) is 6.97. The molecule has 3 aromatic carbocycles. The summed E-state index contributed by atoms with van der Waals surface area (Å²) in [6.45, 7) is 4.30. The lowest BCUT2D eigenvalue weighted by atomic mass is 10.1. The maximum absolute atomic E-state index is 12.7. The average molecular weight is 398 g/mol. The van der Waals surface area contributed by atoms with E-state index in [1.165, 1.54) is 5.56 Å². The summed E-state index contributed by atoms with van der Waals surface area (Å²) in [6, 6.07) is 25.2. The van der Waals surface area contributed by atoms with Crippen molar-refractivity contribution in [1.29, 1.82) is 0 Å². The highest BCUT2D eigenvalue weighted by molar-refractivity contribution is 7.99. The Balaban J connectivity index is 1.80. The third kappa shape index (κ3) is 5.45. The van der Waals surface area contributed by atoms with Gasteiger partial charge in [-0.3, -0.25) is 0 Å². The van der Waals surface area contributed by atoms with Crippen LogP contribution in [-0.4, -0.2) is 15.0 Å². The number of rotatable bonds is 7. The largest absolute Gasteiger partial charge is 0.240 e. The van der Waals surface area contributed by atoms with Gasteiger partial charge in [0.05, 0.1) is 4.90 Å². The predicted octanol–water partition coefficient (Wildman–Crippen LogP) is 5.12. The Morgan fingerprint density at radius 1 is 0.815 bits per heavy atom. The second kappa shape index (κ2) is 8.74. The first-order valence-corrected chi connectivity index (χ1v) is 11.1. The molecule has 0 bridgehead atoms. The van der Waals surface area contributed by atoms with Crippen LogP contribution in [-0.2, 0) is 10.0 Å². The van der Waals surface area contributed by atoms with Crippen LogP contribution in [0.1, 0.15) is 21.9 Å². The van der Waals surface area contributed by atoms with E-state index in [0.29, 0.717) is 11.4 Å². The number of aryl methyl sites for hydroxylation is 2. The zero-order valence-electron chi connectivity index (χ0n) is 15.4. The van der Waals surface area contributed by atoms with Crippen molar-refractivity contribution in [3.05, 3.63) is 95.6 Å². The molecule has 1 N–H and O–H groups in total. The summed E-state index contributed by atoms with van der Waals surface area (Å²) >= 11 is 1.66. The Labute approximate surface area is 165 Å². The highest BCUT2D eigenvalue weighted by atomic mass is 32.2. The van der Waals surface area contributed by atoms with Gasteiger partial charge in [0.15, 0.2) is 0 Å². The number of hydrogen-bond acceptors (Lipinski definition) is 3. The summed E-state index contributed by atoms with van der Waals surface area (Å²) in [5.74, 6) is 0. The topological polar surface area (TPSA) is 46.2 Å². The lowest BCUT2D eigenvalue weighted by molar-refractivity contribution is 0.581. The van der Waals surface area contributed by atoms with Crippen LogP contribution in [0.2, 0.25) is 0 Å². The summed E-state index contributed by atoms with van der Waals surface area (Å²) in [4.78, 5) is 1.40. The zero-order chi connectivity index (χ0) is 19.3. The maximum atomic E-state index is 12.7. The van der Waals surface area contributed by atoms with Crippen molar-refractivity contribution in [3.63, 3.8) is 0 Å². The van der Waals surface area contributed by atoms with Crippen LogP contribution in [0.5, 0.6) is 0 Å². The zero-order valence-corrected chi connectivity index (χ0v) is 17.1. The Morgan fingerprint density at radius 3 is 1.96 bits per heavy atom. The summed E-state index contributed by atoms with van der Waals surface area (Å²) < 4.78 is 28.1. The molecule has 3 rings (SSSR count). The first-order valence-electron chi connectivity index (χ1n) is 8.79. The van der Waals surface area contributed by atoms with Gasteiger partial charge in [-0.15, -0.1) is 11.8 Å². The van der Waals surface area contributed by atoms with E-state index in [2.05, 4.69) is 29.0 Å². The summed E-state index contributed by atoms with van der Waals surface area (Å²) in [7, 11) is -3.54. The number of sulfonamides is 1. The van der Waals surface area contributed by atoms with E-state index in [0.717, 1.165) is 16.0 Å². The number of thioether (sulfide) groups is 1. The number of nitrogens with one attached hydrogen (secondary N) is 1. The van der Waals surface area contributed by atoms with Crippen molar-refractivity contribution in [1.82, 2.24) is 4.72 Å². The standard InChI is InChI=1S/C22H23NO2S2/c1-17-8-12-19(13-9-17)22(26-20-6-4-3-5-7-20)16-23-27(24,25)21-14-10-18(2)11-15-21/h3-15,22-23H,16H2,1-2H3. The Morgan fingerprint density at radius 2 is 1.37 bits per heavy atom. The van der Waals surface area contributed by atoms with Gasteiger partial charge in [-0.05, 0) is 43.7 Å². The molecule has 0 aromatic heterocycles. The van der Waals surface area contributed by atoms with Crippen LogP contribution in [0.4, 0.5) is 0 Å². The molecule has 5 heteroatoms. The fourth-order valence-electron chi connectivity index (χ4n) is 2.66. The molecule has 140 valence electrons. The van der Waals surface area contributed by atoms with Crippen molar-refractivity contribution < 1.29 is 8.42 Å². The minimum Gasteiger partial charge on any atom is -0.210 e. The second-order valence-electron chi connectivity index (χ2n) is 6.50. The molecule has 3 nitrogen and oxygen atoms in total. The van der Waals surface area contributed by atoms with Crippen LogP contribution in [0.15, 0.2) is 88.7 Å². The highest BCUT2D eigenvalue weighted by Crippen LogP contribution is 2.35. The molecule has 0 saturated heterocycles. The lowest BCUT2D eigenvalue weighted by Gasteiger charge is -2.18. The lowest BCUT2D eigenvalue weighted by Crippen LogP contribution is -2.27. The Kier molecular flexibility index (Phi) is 6.37. The van der Waals surface area contributed by atoms with E-state index in [1.54, 1.807) is 23.9 Å². The fraction of sp³-hybridized carbons (Fsp3) is 0.182. The molecule has 0 fully saturated rings. The van der Waals surface area contributed by atoms with Crippen LogP contribution in [0.25, 0.3) is 0 Å². The van der Waals surface area contributed by atoms with Crippen molar-refractivity contribution >= 4 is 21.8 Å². The van der Waals surface area contributed by atoms with Gasteiger partial charge in [0.25, 0.3) is 0 Å². The number of hydrogen-bond donors (Lipinski definition) is 1. The smallest absolute Gasteiger partial charge is 0.210 e. The molecule has 3 aromatic rings. The van der Waals surface area contributed by atoms with E-state index in [-0.39, 0.29) is 5.25 Å². The molecule has 0 saturated carbocycles. The quantitative estimate of drug-likeness (QED) is 0.563. The van der Waals surface area contributed by atoms with Gasteiger partial charge in [-0.1, -0.05) is 65.7 Å². The molecule has 0 spiro atoms. The Bertz CT molecular complexity index is 967. The van der Waals surface area contributed by atoms with Crippen LogP contribution >= 0.6 is 11.8 Å². The van der Waals surface area contributed by atoms with Crippen molar-refractivity contribution in [2.45, 2.75) is 28.9 Å². The van der Waals surface area contributed by atoms with Gasteiger partial charge < -0.3 is 0 Å². The average Bonchev–Trinajstić information content (AvgIpc) is 2.67. The van der Waals surface area contributed by atoms with Crippen molar-refractivity contribution in [2.24, 2.45) is 0 Å². The molecule has 1 unspecified atom stereocenters. The first-order chi connectivity index (χ1) is 12.9. The molecular weight excluding hydrogens is 374 g/mol. The molecule has 0 aliphatic rings. The van der Waals surface area contributed by atoms with Crippen molar-refractivity contribution in [3.8, 4) is 0 Å². The predicted molar refractivity (Wildman–Crippen MR) is 113 cm³/mol. The van der Waals surface area contributed by atoms with Gasteiger partial charge in [0, 0.05) is 16.7 Å². The number of benzene rings is 3. The highest BCUT2D eigenvalue weighted by Gasteiger charge is 2.19. The fourth-order valence-corrected chi connectivity index (χ4v) is 4.91. The summed E-state index contributed by atoms with van der Waals surface area (Å²) in [6.07, 6.45) is 0.